The zero-order valence-corrected chi connectivity index (χ0v) is 17.8. The minimum atomic E-state index is -0.392. The summed E-state index contributed by atoms with van der Waals surface area (Å²) in [6, 6.07) is 20.6. The van der Waals surface area contributed by atoms with E-state index < -0.39 is 5.91 Å². The molecule has 3 aromatic carbocycles. The molecule has 0 bridgehead atoms. The Bertz CT molecular complexity index is 1010. The molecule has 0 saturated carbocycles. The number of aromatic hydroxyl groups is 1. The van der Waals surface area contributed by atoms with Crippen molar-refractivity contribution >= 4 is 44.0 Å². The van der Waals surface area contributed by atoms with Crippen molar-refractivity contribution in [1.82, 2.24) is 5.43 Å². The van der Waals surface area contributed by atoms with Gasteiger partial charge in [-0.3, -0.25) is 4.79 Å². The van der Waals surface area contributed by atoms with E-state index in [2.05, 4.69) is 42.4 Å². The summed E-state index contributed by atoms with van der Waals surface area (Å²) in [6.07, 6.45) is 1.44. The van der Waals surface area contributed by atoms with Crippen LogP contribution in [0.3, 0.4) is 0 Å². The van der Waals surface area contributed by atoms with Crippen LogP contribution in [-0.2, 0) is 4.79 Å². The number of amides is 1. The lowest BCUT2D eigenvalue weighted by Crippen LogP contribution is -2.24. The number of carbonyl (C=O) groups is 1. The molecule has 3 rings (SSSR count). The molecular formula is C21H16Br2N2O3. The lowest BCUT2D eigenvalue weighted by molar-refractivity contribution is -0.123. The van der Waals surface area contributed by atoms with E-state index in [1.54, 1.807) is 6.07 Å². The Balaban J connectivity index is 1.61. The van der Waals surface area contributed by atoms with Gasteiger partial charge < -0.3 is 9.84 Å². The van der Waals surface area contributed by atoms with Gasteiger partial charge in [0.2, 0.25) is 0 Å². The number of phenols is 1. The fourth-order valence-corrected chi connectivity index (χ4v) is 3.55. The number of carbonyl (C=O) groups excluding carboxylic acids is 1. The molecule has 0 aliphatic heterocycles. The maximum absolute atomic E-state index is 12.0. The molecule has 0 aliphatic carbocycles. The van der Waals surface area contributed by atoms with Gasteiger partial charge in [0, 0.05) is 15.6 Å². The number of phenolic OH excluding ortho intramolecular Hbond substituents is 1. The number of benzene rings is 3. The topological polar surface area (TPSA) is 70.9 Å². The Kier molecular flexibility index (Phi) is 6.84. The Morgan fingerprint density at radius 3 is 2.54 bits per heavy atom. The smallest absolute Gasteiger partial charge is 0.277 e. The Hall–Kier alpha value is -2.64. The third-order valence-electron chi connectivity index (χ3n) is 3.79. The van der Waals surface area contributed by atoms with Gasteiger partial charge in [-0.05, 0) is 39.7 Å². The second kappa shape index (κ2) is 9.52. The zero-order chi connectivity index (χ0) is 19.9. The lowest BCUT2D eigenvalue weighted by atomic mass is 10.1. The molecule has 0 aliphatic rings. The molecule has 0 radical (unpaired) electrons. The number of ether oxygens (including phenoxy) is 1. The van der Waals surface area contributed by atoms with Gasteiger partial charge in [-0.25, -0.2) is 5.43 Å². The van der Waals surface area contributed by atoms with Crippen LogP contribution >= 0.6 is 31.9 Å². The predicted molar refractivity (Wildman–Crippen MR) is 117 cm³/mol. The quantitative estimate of drug-likeness (QED) is 0.362. The summed E-state index contributed by atoms with van der Waals surface area (Å²) in [5.74, 6) is 0.307. The average molecular weight is 504 g/mol. The molecule has 2 N–H and O–H groups in total. The highest BCUT2D eigenvalue weighted by Crippen LogP contribution is 2.30. The van der Waals surface area contributed by atoms with E-state index in [1.165, 1.54) is 12.3 Å². The molecule has 0 heterocycles. The highest BCUT2D eigenvalue weighted by Gasteiger charge is 2.08. The summed E-state index contributed by atoms with van der Waals surface area (Å²) in [7, 11) is 0. The van der Waals surface area contributed by atoms with Gasteiger partial charge in [0.1, 0.15) is 11.5 Å². The molecule has 0 atom stereocenters. The molecule has 0 aromatic heterocycles. The van der Waals surface area contributed by atoms with Gasteiger partial charge in [-0.2, -0.15) is 5.10 Å². The summed E-state index contributed by atoms with van der Waals surface area (Å²) in [5, 5.41) is 13.6. The number of para-hydroxylation sites is 1. The van der Waals surface area contributed by atoms with Crippen molar-refractivity contribution in [3.05, 3.63) is 81.2 Å². The van der Waals surface area contributed by atoms with Crippen molar-refractivity contribution in [2.45, 2.75) is 0 Å². The summed E-state index contributed by atoms with van der Waals surface area (Å²) >= 11 is 6.60. The average Bonchev–Trinajstić information content (AvgIpc) is 2.71. The summed E-state index contributed by atoms with van der Waals surface area (Å²) in [5.41, 5.74) is 4.96. The van der Waals surface area contributed by atoms with Gasteiger partial charge in [-0.15, -0.1) is 0 Å². The molecule has 7 heteroatoms. The minimum Gasteiger partial charge on any atom is -0.507 e. The highest BCUT2D eigenvalue weighted by atomic mass is 79.9. The van der Waals surface area contributed by atoms with E-state index in [9.17, 15) is 9.90 Å². The predicted octanol–water partition coefficient (Wildman–Crippen LogP) is 5.11. The summed E-state index contributed by atoms with van der Waals surface area (Å²) in [6.45, 7) is -0.173. The van der Waals surface area contributed by atoms with E-state index >= 15 is 0 Å². The number of nitrogens with one attached hydrogen (secondary N) is 1. The molecule has 28 heavy (non-hydrogen) atoms. The van der Waals surface area contributed by atoms with Gasteiger partial charge in [0.25, 0.3) is 5.91 Å². The van der Waals surface area contributed by atoms with Crippen LogP contribution < -0.4 is 10.2 Å². The largest absolute Gasteiger partial charge is 0.507 e. The van der Waals surface area contributed by atoms with Gasteiger partial charge in [0.15, 0.2) is 6.61 Å². The van der Waals surface area contributed by atoms with Crippen LogP contribution in [0.4, 0.5) is 0 Å². The van der Waals surface area contributed by atoms with Crippen molar-refractivity contribution in [3.63, 3.8) is 0 Å². The number of halogens is 2. The summed E-state index contributed by atoms with van der Waals surface area (Å²) < 4.78 is 6.96. The first-order chi connectivity index (χ1) is 13.5. The molecular weight excluding hydrogens is 488 g/mol. The van der Waals surface area contributed by atoms with Crippen LogP contribution in [0.1, 0.15) is 5.56 Å². The second-order valence-electron chi connectivity index (χ2n) is 5.77. The third kappa shape index (κ3) is 5.21. The first-order valence-electron chi connectivity index (χ1n) is 8.32. The fraction of sp³-hybridized carbons (Fsp3) is 0.0476. The van der Waals surface area contributed by atoms with E-state index in [4.69, 9.17) is 4.74 Å². The Morgan fingerprint density at radius 1 is 1.04 bits per heavy atom. The molecule has 0 spiro atoms. The fourth-order valence-electron chi connectivity index (χ4n) is 2.45. The second-order valence-corrected chi connectivity index (χ2v) is 7.48. The molecule has 3 aromatic rings. The van der Waals surface area contributed by atoms with Crippen LogP contribution in [0.15, 0.2) is 80.8 Å². The van der Waals surface area contributed by atoms with Crippen LogP contribution in [0.5, 0.6) is 11.5 Å². The van der Waals surface area contributed by atoms with Crippen molar-refractivity contribution in [1.29, 1.82) is 0 Å². The molecule has 0 unspecified atom stereocenters. The first kappa shape index (κ1) is 20.1. The van der Waals surface area contributed by atoms with Crippen LogP contribution in [0.25, 0.3) is 11.1 Å². The van der Waals surface area contributed by atoms with Crippen molar-refractivity contribution in [2.75, 3.05) is 6.61 Å². The molecule has 142 valence electrons. The molecule has 0 fully saturated rings. The number of hydrazone groups is 1. The van der Waals surface area contributed by atoms with Crippen molar-refractivity contribution in [3.8, 4) is 22.6 Å². The maximum atomic E-state index is 12.0. The summed E-state index contributed by atoms with van der Waals surface area (Å²) in [4.78, 5) is 12.0. The van der Waals surface area contributed by atoms with Gasteiger partial charge in [-0.1, -0.05) is 64.5 Å². The Morgan fingerprint density at radius 2 is 1.75 bits per heavy atom. The van der Waals surface area contributed by atoms with Crippen molar-refractivity contribution in [2.24, 2.45) is 5.10 Å². The monoisotopic (exact) mass is 502 g/mol. The van der Waals surface area contributed by atoms with Crippen molar-refractivity contribution < 1.29 is 14.6 Å². The van der Waals surface area contributed by atoms with Gasteiger partial charge in [0.05, 0.1) is 10.7 Å². The first-order valence-corrected chi connectivity index (χ1v) is 9.90. The van der Waals surface area contributed by atoms with E-state index in [0.717, 1.165) is 15.6 Å². The van der Waals surface area contributed by atoms with Gasteiger partial charge >= 0.3 is 0 Å². The number of hydrogen-bond acceptors (Lipinski definition) is 4. The molecule has 0 saturated heterocycles. The van der Waals surface area contributed by atoms with Crippen LogP contribution in [0, 0.1) is 0 Å². The van der Waals surface area contributed by atoms with E-state index in [1.807, 2.05) is 54.6 Å². The SMILES string of the molecule is O=C(COc1ccccc1-c1ccccc1)NN=Cc1cc(O)c(Br)cc1Br. The lowest BCUT2D eigenvalue weighted by Gasteiger charge is -2.11. The number of hydrogen-bond donors (Lipinski definition) is 2. The van der Waals surface area contributed by atoms with E-state index in [-0.39, 0.29) is 12.4 Å². The van der Waals surface area contributed by atoms with Crippen LogP contribution in [-0.4, -0.2) is 23.8 Å². The van der Waals surface area contributed by atoms with E-state index in [0.29, 0.717) is 15.8 Å². The van der Waals surface area contributed by atoms with Crippen LogP contribution in [0.2, 0.25) is 0 Å². The standard InChI is InChI=1S/C21H16Br2N2O3/c22-17-11-18(23)19(26)10-15(17)12-24-25-21(27)13-28-20-9-5-4-8-16(20)14-6-2-1-3-7-14/h1-12,26H,13H2,(H,25,27). The number of nitrogens with zero attached hydrogens (tertiary/aromatic N) is 1. The normalized spacial score (nSPS) is 10.8. The molecule has 1 amide bonds. The minimum absolute atomic E-state index is 0.0804. The molecule has 5 nitrogen and oxygen atoms in total. The highest BCUT2D eigenvalue weighted by molar-refractivity contribution is 9.11. The Labute approximate surface area is 179 Å². The zero-order valence-electron chi connectivity index (χ0n) is 14.6. The third-order valence-corrected chi connectivity index (χ3v) is 5.11. The number of rotatable bonds is 6. The maximum Gasteiger partial charge on any atom is 0.277 e.